The molecule has 0 spiro atoms. The van der Waals surface area contributed by atoms with Gasteiger partial charge in [-0.1, -0.05) is 19.4 Å². The van der Waals surface area contributed by atoms with Crippen LogP contribution < -0.4 is 0 Å². The van der Waals surface area contributed by atoms with Gasteiger partial charge in [-0.05, 0) is 56.4 Å². The third-order valence-electron chi connectivity index (χ3n) is 9.06. The predicted molar refractivity (Wildman–Crippen MR) is 110 cm³/mol. The molecule has 30 heavy (non-hydrogen) atoms. The molecule has 0 heterocycles. The van der Waals surface area contributed by atoms with Crippen LogP contribution in [0.3, 0.4) is 0 Å². The van der Waals surface area contributed by atoms with Gasteiger partial charge in [0.2, 0.25) is 5.78 Å². The first-order valence-electron chi connectivity index (χ1n) is 10.9. The summed E-state index contributed by atoms with van der Waals surface area (Å²) in [6, 6.07) is 0. The Kier molecular flexibility index (Phi) is 5.04. The van der Waals surface area contributed by atoms with E-state index in [-0.39, 0.29) is 30.5 Å². The Morgan fingerprint density at radius 2 is 1.90 bits per heavy atom. The highest BCUT2D eigenvalue weighted by Crippen LogP contribution is 2.71. The molecule has 166 valence electrons. The molecule has 3 saturated carbocycles. The van der Waals surface area contributed by atoms with E-state index in [4.69, 9.17) is 16.3 Å². The van der Waals surface area contributed by atoms with Crippen LogP contribution in [0.15, 0.2) is 11.6 Å². The average molecular weight is 439 g/mol. The second kappa shape index (κ2) is 6.88. The first-order chi connectivity index (χ1) is 13.9. The van der Waals surface area contributed by atoms with Crippen LogP contribution in [0.5, 0.6) is 0 Å². The quantitative estimate of drug-likeness (QED) is 0.519. The number of esters is 1. The maximum atomic E-state index is 12.9. The van der Waals surface area contributed by atoms with Crippen molar-refractivity contribution in [2.24, 2.45) is 22.7 Å². The molecule has 3 fully saturated rings. The van der Waals surface area contributed by atoms with Crippen LogP contribution in [0.25, 0.3) is 0 Å². The van der Waals surface area contributed by atoms with Crippen LogP contribution in [0.2, 0.25) is 0 Å². The van der Waals surface area contributed by atoms with Crippen LogP contribution in [-0.2, 0) is 19.1 Å². The summed E-state index contributed by atoms with van der Waals surface area (Å²) in [4.78, 5) is 35.2. The third kappa shape index (κ3) is 2.66. The lowest BCUT2D eigenvalue weighted by Crippen LogP contribution is -2.69. The van der Waals surface area contributed by atoms with Crippen molar-refractivity contribution in [3.63, 3.8) is 0 Å². The fourth-order valence-corrected chi connectivity index (χ4v) is 7.87. The van der Waals surface area contributed by atoms with Gasteiger partial charge < -0.3 is 14.9 Å². The van der Waals surface area contributed by atoms with E-state index in [1.807, 2.05) is 6.92 Å². The summed E-state index contributed by atoms with van der Waals surface area (Å²) in [5.41, 5.74) is -1.98. The Morgan fingerprint density at radius 1 is 1.20 bits per heavy atom. The number of carbonyl (C=O) groups is 3. The molecule has 7 heteroatoms. The Bertz CT molecular complexity index is 838. The van der Waals surface area contributed by atoms with Gasteiger partial charge in [0.1, 0.15) is 5.60 Å². The number of fused-ring (bicyclic) bond motifs is 5. The number of Topliss-reactive ketones (excluding diaryl/α,β-unsaturated/α-hetero) is 1. The highest BCUT2D eigenvalue weighted by molar-refractivity contribution is 6.26. The topological polar surface area (TPSA) is 101 Å². The molecule has 4 rings (SSSR count). The van der Waals surface area contributed by atoms with E-state index in [1.54, 1.807) is 6.08 Å². The van der Waals surface area contributed by atoms with E-state index in [9.17, 15) is 24.6 Å². The summed E-state index contributed by atoms with van der Waals surface area (Å²) in [5.74, 6) is -1.09. The van der Waals surface area contributed by atoms with Gasteiger partial charge in [0.05, 0.1) is 11.0 Å². The number of rotatable bonds is 3. The van der Waals surface area contributed by atoms with Gasteiger partial charge in [-0.3, -0.25) is 14.4 Å². The van der Waals surface area contributed by atoms with Crippen LogP contribution >= 0.6 is 11.6 Å². The van der Waals surface area contributed by atoms with Crippen molar-refractivity contribution in [3.8, 4) is 0 Å². The minimum atomic E-state index is -1.66. The molecule has 0 radical (unpaired) electrons. The fourth-order valence-electron chi connectivity index (χ4n) is 7.32. The Balaban J connectivity index is 1.71. The number of aliphatic hydroxyl groups is 2. The van der Waals surface area contributed by atoms with E-state index < -0.39 is 45.8 Å². The SMILES string of the molecule is CC(=O)OCC(=O)[C@]1(O)CC[C@H]2[C@@H]3CCC4=CC(=O)CC[C@]4(C)[C@@]3(Cl)[C@H](O)C[C@@]21C. The first-order valence-corrected chi connectivity index (χ1v) is 11.3. The highest BCUT2D eigenvalue weighted by atomic mass is 35.5. The molecule has 0 aromatic carbocycles. The van der Waals surface area contributed by atoms with Gasteiger partial charge >= 0.3 is 5.97 Å². The van der Waals surface area contributed by atoms with Gasteiger partial charge in [0, 0.05) is 24.2 Å². The van der Waals surface area contributed by atoms with E-state index in [2.05, 4.69) is 6.92 Å². The molecule has 0 aliphatic heterocycles. The number of ether oxygens (including phenoxy) is 1. The fraction of sp³-hybridized carbons (Fsp3) is 0.783. The monoisotopic (exact) mass is 438 g/mol. The Hall–Kier alpha value is -1.24. The number of hydrogen-bond donors (Lipinski definition) is 2. The minimum Gasteiger partial charge on any atom is -0.458 e. The lowest BCUT2D eigenvalue weighted by atomic mass is 9.45. The number of allylic oxidation sites excluding steroid dienone is 1. The maximum absolute atomic E-state index is 12.9. The van der Waals surface area contributed by atoms with Crippen molar-refractivity contribution < 1.29 is 29.3 Å². The molecular weight excluding hydrogens is 408 g/mol. The van der Waals surface area contributed by atoms with Crippen molar-refractivity contribution in [1.29, 1.82) is 0 Å². The minimum absolute atomic E-state index is 0.0410. The van der Waals surface area contributed by atoms with Gasteiger partial charge in [-0.15, -0.1) is 11.6 Å². The number of alkyl halides is 1. The molecule has 0 unspecified atom stereocenters. The predicted octanol–water partition coefficient (Wildman–Crippen LogP) is 2.71. The summed E-state index contributed by atoms with van der Waals surface area (Å²) in [6.45, 7) is 4.69. The number of hydrogen-bond acceptors (Lipinski definition) is 6. The number of carbonyl (C=O) groups excluding carboxylic acids is 3. The summed E-state index contributed by atoms with van der Waals surface area (Å²) in [6.07, 6.45) is 4.34. The van der Waals surface area contributed by atoms with Crippen LogP contribution in [-0.4, -0.2) is 50.9 Å². The number of ketones is 2. The molecule has 4 aliphatic carbocycles. The lowest BCUT2D eigenvalue weighted by Gasteiger charge is -2.64. The molecule has 7 atom stereocenters. The summed E-state index contributed by atoms with van der Waals surface area (Å²) >= 11 is 7.36. The van der Waals surface area contributed by atoms with Crippen LogP contribution in [0.1, 0.15) is 65.7 Å². The number of halogens is 1. The zero-order chi connectivity index (χ0) is 22.1. The van der Waals surface area contributed by atoms with E-state index in [0.29, 0.717) is 25.7 Å². The molecule has 0 aromatic rings. The third-order valence-corrected chi connectivity index (χ3v) is 10.0. The van der Waals surface area contributed by atoms with Crippen LogP contribution in [0, 0.1) is 22.7 Å². The van der Waals surface area contributed by atoms with Gasteiger partial charge in [0.25, 0.3) is 0 Å². The normalized spacial score (nSPS) is 47.6. The lowest BCUT2D eigenvalue weighted by molar-refractivity contribution is -0.179. The summed E-state index contributed by atoms with van der Waals surface area (Å²) < 4.78 is 4.88. The van der Waals surface area contributed by atoms with Crippen molar-refractivity contribution in [2.75, 3.05) is 6.61 Å². The molecule has 0 aromatic heterocycles. The van der Waals surface area contributed by atoms with Gasteiger partial charge in [-0.25, -0.2) is 0 Å². The van der Waals surface area contributed by atoms with Gasteiger partial charge in [0.15, 0.2) is 12.4 Å². The molecular formula is C23H31ClO6. The Morgan fingerprint density at radius 3 is 2.57 bits per heavy atom. The zero-order valence-electron chi connectivity index (χ0n) is 17.9. The second-order valence-electron chi connectivity index (χ2n) is 10.2. The van der Waals surface area contributed by atoms with E-state index in [1.165, 1.54) is 6.92 Å². The van der Waals surface area contributed by atoms with E-state index >= 15 is 0 Å². The standard InChI is InChI=1S/C23H31ClO6/c1-13(25)30-12-19(28)22(29)9-7-16-17-5-4-14-10-15(26)6-8-20(14,2)23(17,24)18(27)11-21(16,22)3/h10,16-18,27,29H,4-9,11-12H2,1-3H3/t16-,17-,18+,20-,21-,22+,23-/m0/s1. The van der Waals surface area contributed by atoms with Crippen molar-refractivity contribution in [1.82, 2.24) is 0 Å². The maximum Gasteiger partial charge on any atom is 0.303 e. The van der Waals surface area contributed by atoms with E-state index in [0.717, 1.165) is 12.0 Å². The largest absolute Gasteiger partial charge is 0.458 e. The molecule has 6 nitrogen and oxygen atoms in total. The number of aliphatic hydroxyl groups excluding tert-OH is 1. The van der Waals surface area contributed by atoms with Crippen molar-refractivity contribution in [3.05, 3.63) is 11.6 Å². The first kappa shape index (κ1) is 22.0. The molecule has 0 saturated heterocycles. The molecule has 4 aliphatic rings. The molecule has 2 N–H and O–H groups in total. The van der Waals surface area contributed by atoms with Gasteiger partial charge in [-0.2, -0.15) is 0 Å². The van der Waals surface area contributed by atoms with Crippen molar-refractivity contribution in [2.45, 2.75) is 82.3 Å². The highest BCUT2D eigenvalue weighted by Gasteiger charge is 2.73. The summed E-state index contributed by atoms with van der Waals surface area (Å²) in [5, 5.41) is 22.9. The average Bonchev–Trinajstić information content (AvgIpc) is 2.94. The smallest absolute Gasteiger partial charge is 0.303 e. The van der Waals surface area contributed by atoms with Crippen LogP contribution in [0.4, 0.5) is 0 Å². The zero-order valence-corrected chi connectivity index (χ0v) is 18.6. The summed E-state index contributed by atoms with van der Waals surface area (Å²) in [7, 11) is 0. The molecule has 0 bridgehead atoms. The Labute approximate surface area is 182 Å². The molecule has 0 amide bonds. The second-order valence-corrected chi connectivity index (χ2v) is 10.9. The van der Waals surface area contributed by atoms with Crippen molar-refractivity contribution >= 4 is 29.1 Å².